The van der Waals surface area contributed by atoms with E-state index in [1.807, 2.05) is 0 Å². The van der Waals surface area contributed by atoms with Crippen molar-refractivity contribution in [2.24, 2.45) is 0 Å². The van der Waals surface area contributed by atoms with Crippen molar-refractivity contribution in [3.63, 3.8) is 0 Å². The van der Waals surface area contributed by atoms with Crippen molar-refractivity contribution < 1.29 is 18.3 Å². The smallest absolute Gasteiger partial charge is 0.320 e. The molecule has 3 heterocycles. The van der Waals surface area contributed by atoms with E-state index in [1.165, 1.54) is 6.07 Å². The van der Waals surface area contributed by atoms with Gasteiger partial charge >= 0.3 is 6.03 Å². The van der Waals surface area contributed by atoms with Gasteiger partial charge < -0.3 is 19.8 Å². The van der Waals surface area contributed by atoms with Crippen LogP contribution in [0.2, 0.25) is 0 Å². The quantitative estimate of drug-likeness (QED) is 0.863. The molecule has 8 heteroatoms. The number of amides is 2. The van der Waals surface area contributed by atoms with Crippen LogP contribution in [-0.2, 0) is 16.8 Å². The Kier molecular flexibility index (Phi) is 3.87. The van der Waals surface area contributed by atoms with Gasteiger partial charge in [-0.25, -0.2) is 14.2 Å². The summed E-state index contributed by atoms with van der Waals surface area (Å²) in [4.78, 5) is 18.9. The molecular formula is C19H23FN4O3. The monoisotopic (exact) mass is 374 g/mol. The number of hydrogen-bond donors (Lipinski definition) is 2. The molecule has 1 spiro atoms. The first-order chi connectivity index (χ1) is 13.1. The van der Waals surface area contributed by atoms with E-state index in [0.29, 0.717) is 29.1 Å². The molecule has 5 rings (SSSR count). The molecule has 7 nitrogen and oxygen atoms in total. The van der Waals surface area contributed by atoms with Gasteiger partial charge in [0.1, 0.15) is 11.3 Å². The zero-order valence-electron chi connectivity index (χ0n) is 15.3. The largest absolute Gasteiger partial charge is 0.439 e. The number of carbonyl (C=O) groups excluding carboxylic acids is 1. The SMILES string of the molecule is COC1CN(Cc2nc3cc(F)c4c(c3o2)C2(CCCCC2)NC(=O)N4)C1. The number of oxazole rings is 1. The first-order valence-corrected chi connectivity index (χ1v) is 9.55. The van der Waals surface area contributed by atoms with Crippen LogP contribution in [-0.4, -0.2) is 42.2 Å². The Morgan fingerprint density at radius 2 is 2.15 bits per heavy atom. The lowest BCUT2D eigenvalue weighted by atomic mass is 9.74. The number of halogens is 1. The lowest BCUT2D eigenvalue weighted by molar-refractivity contribution is -0.0364. The van der Waals surface area contributed by atoms with Crippen LogP contribution in [0.1, 0.15) is 43.6 Å². The molecule has 0 bridgehead atoms. The molecule has 27 heavy (non-hydrogen) atoms. The summed E-state index contributed by atoms with van der Waals surface area (Å²) in [5, 5.41) is 5.70. The van der Waals surface area contributed by atoms with E-state index in [2.05, 4.69) is 20.5 Å². The number of nitrogens with one attached hydrogen (secondary N) is 2. The molecule has 2 fully saturated rings. The maximum absolute atomic E-state index is 14.8. The first kappa shape index (κ1) is 16.9. The van der Waals surface area contributed by atoms with Gasteiger partial charge in [-0.1, -0.05) is 19.3 Å². The third kappa shape index (κ3) is 2.70. The van der Waals surface area contributed by atoms with Crippen molar-refractivity contribution in [3.8, 4) is 0 Å². The van der Waals surface area contributed by atoms with E-state index in [4.69, 9.17) is 9.15 Å². The fraction of sp³-hybridized carbons (Fsp3) is 0.579. The van der Waals surface area contributed by atoms with Gasteiger partial charge in [-0.2, -0.15) is 0 Å². The number of carbonyl (C=O) groups is 1. The average Bonchev–Trinajstić information content (AvgIpc) is 3.00. The summed E-state index contributed by atoms with van der Waals surface area (Å²) >= 11 is 0. The Hall–Kier alpha value is -2.19. The molecule has 1 aliphatic carbocycles. The number of nitrogens with zero attached hydrogens (tertiary/aromatic N) is 2. The molecule has 3 aliphatic rings. The third-order valence-corrected chi connectivity index (χ3v) is 6.07. The molecule has 2 N–H and O–H groups in total. The summed E-state index contributed by atoms with van der Waals surface area (Å²) in [6.07, 6.45) is 4.92. The van der Waals surface area contributed by atoms with Crippen molar-refractivity contribution in [2.45, 2.75) is 50.3 Å². The fourth-order valence-electron chi connectivity index (χ4n) is 4.67. The Morgan fingerprint density at radius 3 is 2.89 bits per heavy atom. The van der Waals surface area contributed by atoms with Crippen molar-refractivity contribution >= 4 is 22.8 Å². The molecule has 144 valence electrons. The number of hydrogen-bond acceptors (Lipinski definition) is 5. The summed E-state index contributed by atoms with van der Waals surface area (Å²) in [5.74, 6) is 0.107. The topological polar surface area (TPSA) is 79.6 Å². The molecule has 2 aromatic rings. The van der Waals surface area contributed by atoms with E-state index in [1.54, 1.807) is 7.11 Å². The van der Waals surface area contributed by atoms with Gasteiger partial charge in [0.15, 0.2) is 5.58 Å². The third-order valence-electron chi connectivity index (χ3n) is 6.07. The number of anilines is 1. The Labute approximate surface area is 156 Å². The number of fused-ring (bicyclic) bond motifs is 4. The lowest BCUT2D eigenvalue weighted by Crippen LogP contribution is -2.53. The summed E-state index contributed by atoms with van der Waals surface area (Å²) in [5.41, 5.74) is 1.46. The predicted molar refractivity (Wildman–Crippen MR) is 97.0 cm³/mol. The van der Waals surface area contributed by atoms with Crippen molar-refractivity contribution in [2.75, 3.05) is 25.5 Å². The molecule has 0 radical (unpaired) electrons. The highest BCUT2D eigenvalue weighted by Gasteiger charge is 2.44. The van der Waals surface area contributed by atoms with Gasteiger partial charge in [0.25, 0.3) is 0 Å². The molecule has 2 aliphatic heterocycles. The zero-order valence-corrected chi connectivity index (χ0v) is 15.3. The average molecular weight is 374 g/mol. The summed E-state index contributed by atoms with van der Waals surface area (Å²) in [6, 6.07) is 1.01. The molecule has 1 aromatic carbocycles. The van der Waals surface area contributed by atoms with Gasteiger partial charge in [0, 0.05) is 31.8 Å². The first-order valence-electron chi connectivity index (χ1n) is 9.55. The molecular weight excluding hydrogens is 351 g/mol. The predicted octanol–water partition coefficient (Wildman–Crippen LogP) is 3.09. The lowest BCUT2D eigenvalue weighted by Gasteiger charge is -2.42. The molecule has 0 unspecified atom stereocenters. The number of rotatable bonds is 3. The highest BCUT2D eigenvalue weighted by molar-refractivity contribution is 5.98. The van der Waals surface area contributed by atoms with Crippen molar-refractivity contribution in [3.05, 3.63) is 23.3 Å². The van der Waals surface area contributed by atoms with Gasteiger partial charge in [0.05, 0.1) is 23.9 Å². The van der Waals surface area contributed by atoms with Crippen LogP contribution < -0.4 is 10.6 Å². The molecule has 0 atom stereocenters. The fourth-order valence-corrected chi connectivity index (χ4v) is 4.67. The number of benzene rings is 1. The van der Waals surface area contributed by atoms with Gasteiger partial charge in [-0.3, -0.25) is 4.90 Å². The second kappa shape index (κ2) is 6.17. The van der Waals surface area contributed by atoms with E-state index >= 15 is 0 Å². The van der Waals surface area contributed by atoms with E-state index in [0.717, 1.165) is 45.2 Å². The maximum Gasteiger partial charge on any atom is 0.320 e. The Morgan fingerprint density at radius 1 is 1.37 bits per heavy atom. The molecule has 1 saturated heterocycles. The number of aromatic nitrogens is 1. The standard InChI is InChI=1S/C19H23FN4O3/c1-26-11-8-24(9-11)10-14-21-13-7-12(20)16-15(17(13)27-14)19(23-18(25)22-16)5-3-2-4-6-19/h7,11H,2-6,8-10H2,1H3,(H2,22,23,25). The maximum atomic E-state index is 14.8. The van der Waals surface area contributed by atoms with E-state index < -0.39 is 11.4 Å². The highest BCUT2D eigenvalue weighted by Crippen LogP contribution is 2.47. The van der Waals surface area contributed by atoms with Crippen LogP contribution in [0, 0.1) is 5.82 Å². The van der Waals surface area contributed by atoms with Gasteiger partial charge in [0.2, 0.25) is 5.89 Å². The van der Waals surface area contributed by atoms with E-state index in [9.17, 15) is 9.18 Å². The second-order valence-corrected chi connectivity index (χ2v) is 7.84. The summed E-state index contributed by atoms with van der Waals surface area (Å²) in [7, 11) is 1.71. The van der Waals surface area contributed by atoms with Gasteiger partial charge in [-0.15, -0.1) is 0 Å². The van der Waals surface area contributed by atoms with E-state index in [-0.39, 0.29) is 17.8 Å². The summed E-state index contributed by atoms with van der Waals surface area (Å²) in [6.45, 7) is 2.24. The van der Waals surface area contributed by atoms with Crippen LogP contribution in [0.4, 0.5) is 14.9 Å². The highest BCUT2D eigenvalue weighted by atomic mass is 19.1. The van der Waals surface area contributed by atoms with Crippen LogP contribution >= 0.6 is 0 Å². The normalized spacial score (nSPS) is 22.4. The van der Waals surface area contributed by atoms with Crippen molar-refractivity contribution in [1.82, 2.24) is 15.2 Å². The number of urea groups is 1. The molecule has 1 saturated carbocycles. The Bertz CT molecular complexity index is 900. The second-order valence-electron chi connectivity index (χ2n) is 7.84. The minimum absolute atomic E-state index is 0.235. The Balaban J connectivity index is 1.57. The minimum Gasteiger partial charge on any atom is -0.439 e. The zero-order chi connectivity index (χ0) is 18.6. The van der Waals surface area contributed by atoms with Crippen LogP contribution in [0.25, 0.3) is 11.1 Å². The van der Waals surface area contributed by atoms with Crippen molar-refractivity contribution in [1.29, 1.82) is 0 Å². The van der Waals surface area contributed by atoms with Crippen LogP contribution in [0.3, 0.4) is 0 Å². The minimum atomic E-state index is -0.578. The molecule has 2 amide bonds. The number of ether oxygens (including phenoxy) is 1. The number of methoxy groups -OCH3 is 1. The van der Waals surface area contributed by atoms with Gasteiger partial charge in [-0.05, 0) is 12.8 Å². The number of likely N-dealkylation sites (tertiary alicyclic amines) is 1. The van der Waals surface area contributed by atoms with Crippen LogP contribution in [0.5, 0.6) is 0 Å². The molecule has 1 aromatic heterocycles. The summed E-state index contributed by atoms with van der Waals surface area (Å²) < 4.78 is 26.2. The van der Waals surface area contributed by atoms with Crippen LogP contribution in [0.15, 0.2) is 10.5 Å².